The van der Waals surface area contributed by atoms with Crippen LogP contribution in [-0.4, -0.2) is 36.6 Å². The van der Waals surface area contributed by atoms with Crippen molar-refractivity contribution < 1.29 is 4.74 Å². The Hall–Kier alpha value is -5.19. The molecule has 2 aromatic heterocycles. The minimum absolute atomic E-state index is 0.241. The van der Waals surface area contributed by atoms with E-state index in [1.165, 1.54) is 4.68 Å². The first-order valence-electron chi connectivity index (χ1n) is 17.8. The van der Waals surface area contributed by atoms with Crippen LogP contribution >= 0.6 is 31.9 Å². The minimum atomic E-state index is -0.878. The highest BCUT2D eigenvalue weighted by atomic mass is 79.9. The zero-order valence-electron chi connectivity index (χ0n) is 29.3. The Balaban J connectivity index is 1.26. The van der Waals surface area contributed by atoms with Gasteiger partial charge in [-0.2, -0.15) is 0 Å². The van der Waals surface area contributed by atoms with Crippen LogP contribution in [0.1, 0.15) is 54.9 Å². The molecule has 0 unspecified atom stereocenters. The van der Waals surface area contributed by atoms with Crippen LogP contribution in [0.2, 0.25) is 0 Å². The molecular formula is C43H38Br2N6O2. The van der Waals surface area contributed by atoms with Gasteiger partial charge in [0.15, 0.2) is 5.82 Å². The van der Waals surface area contributed by atoms with E-state index in [0.29, 0.717) is 27.3 Å². The van der Waals surface area contributed by atoms with Gasteiger partial charge in [0, 0.05) is 5.56 Å². The number of tetrazole rings is 1. The molecule has 8 nitrogen and oxygen atoms in total. The molecule has 0 saturated carbocycles. The Morgan fingerprint density at radius 1 is 0.660 bits per heavy atom. The maximum atomic E-state index is 13.2. The average Bonchev–Trinajstić information content (AvgIpc) is 3.70. The summed E-state index contributed by atoms with van der Waals surface area (Å²) in [5.74, 6) is 1.02. The van der Waals surface area contributed by atoms with E-state index in [4.69, 9.17) is 15.0 Å². The Kier molecular flexibility index (Phi) is 11.4. The van der Waals surface area contributed by atoms with Crippen LogP contribution < -0.4 is 10.3 Å². The first-order valence-corrected chi connectivity index (χ1v) is 19.3. The van der Waals surface area contributed by atoms with E-state index in [-0.39, 0.29) is 12.1 Å². The highest BCUT2D eigenvalue weighted by Crippen LogP contribution is 2.43. The van der Waals surface area contributed by atoms with Crippen molar-refractivity contribution in [2.24, 2.45) is 0 Å². The molecule has 0 aliphatic rings. The lowest BCUT2D eigenvalue weighted by molar-refractivity contribution is 0.282. The summed E-state index contributed by atoms with van der Waals surface area (Å²) in [6.07, 6.45) is 4.33. The Morgan fingerprint density at radius 2 is 1.23 bits per heavy atom. The van der Waals surface area contributed by atoms with E-state index in [1.807, 2.05) is 47.1 Å². The number of rotatable bonds is 14. The first-order chi connectivity index (χ1) is 26.0. The molecule has 0 radical (unpaired) electrons. The van der Waals surface area contributed by atoms with E-state index in [2.05, 4.69) is 146 Å². The molecule has 0 saturated heterocycles. The minimum Gasteiger partial charge on any atom is -0.476 e. The fraction of sp³-hybridized carbons (Fsp3) is 0.186. The molecule has 266 valence electrons. The van der Waals surface area contributed by atoms with Crippen molar-refractivity contribution in [1.29, 1.82) is 0 Å². The van der Waals surface area contributed by atoms with Gasteiger partial charge in [-0.1, -0.05) is 166 Å². The van der Waals surface area contributed by atoms with Gasteiger partial charge in [-0.05, 0) is 82.1 Å². The number of hydrogen-bond donors (Lipinski definition) is 0. The fourth-order valence-corrected chi connectivity index (χ4v) is 7.51. The van der Waals surface area contributed by atoms with Gasteiger partial charge in [-0.15, -0.1) is 10.2 Å². The highest BCUT2D eigenvalue weighted by Gasteiger charge is 2.42. The van der Waals surface area contributed by atoms with Crippen LogP contribution in [0.15, 0.2) is 153 Å². The van der Waals surface area contributed by atoms with Crippen molar-refractivity contribution >= 4 is 31.9 Å². The Bertz CT molecular complexity index is 2230. The molecule has 10 heteroatoms. The van der Waals surface area contributed by atoms with E-state index in [0.717, 1.165) is 64.6 Å². The van der Waals surface area contributed by atoms with E-state index in [1.54, 1.807) is 0 Å². The summed E-state index contributed by atoms with van der Waals surface area (Å²) in [6.45, 7) is 3.00. The van der Waals surface area contributed by atoms with Gasteiger partial charge in [0.05, 0.1) is 13.2 Å². The summed E-state index contributed by atoms with van der Waals surface area (Å²) in [7, 11) is 0. The lowest BCUT2D eigenvalue weighted by Gasteiger charge is -2.36. The number of ether oxygens (including phenoxy) is 1. The van der Waals surface area contributed by atoms with Crippen molar-refractivity contribution in [1.82, 2.24) is 30.0 Å². The maximum absolute atomic E-state index is 13.2. The number of benzene rings is 5. The molecular weight excluding hydrogens is 792 g/mol. The second-order valence-corrected chi connectivity index (χ2v) is 14.4. The first kappa shape index (κ1) is 36.2. The van der Waals surface area contributed by atoms with Crippen LogP contribution in [0, 0.1) is 0 Å². The molecule has 0 fully saturated rings. The fourth-order valence-electron chi connectivity index (χ4n) is 6.78. The third kappa shape index (κ3) is 7.39. The highest BCUT2D eigenvalue weighted by molar-refractivity contribution is 9.13. The molecule has 0 aliphatic carbocycles. The quantitative estimate of drug-likeness (QED) is 0.0802. The summed E-state index contributed by atoms with van der Waals surface area (Å²) in [5, 5.41) is 18.3. The van der Waals surface area contributed by atoms with Crippen LogP contribution in [0.25, 0.3) is 22.5 Å². The molecule has 0 bridgehead atoms. The summed E-state index contributed by atoms with van der Waals surface area (Å²) in [4.78, 5) is 13.2. The third-order valence-electron chi connectivity index (χ3n) is 9.38. The predicted molar refractivity (Wildman–Crippen MR) is 216 cm³/mol. The monoisotopic (exact) mass is 828 g/mol. The molecule has 0 N–H and O–H groups in total. The SMILES string of the molecule is CCCCCCOc1nn(Cc2ccc(-c3ccccc3-c3nnnn3C(c3ccccc3)(c3ccccc3)c3ccccc3)cc2)c(=O)c(Br)c1Br. The summed E-state index contributed by atoms with van der Waals surface area (Å²) < 4.78 is 10.3. The molecule has 7 aromatic rings. The topological polar surface area (TPSA) is 87.7 Å². The van der Waals surface area contributed by atoms with Gasteiger partial charge in [-0.3, -0.25) is 4.79 Å². The van der Waals surface area contributed by atoms with Crippen molar-refractivity contribution in [2.45, 2.75) is 44.7 Å². The molecule has 0 amide bonds. The van der Waals surface area contributed by atoms with Gasteiger partial charge in [0.2, 0.25) is 5.88 Å². The van der Waals surface area contributed by atoms with E-state index < -0.39 is 5.54 Å². The van der Waals surface area contributed by atoms with Crippen LogP contribution in [0.5, 0.6) is 5.88 Å². The van der Waals surface area contributed by atoms with Gasteiger partial charge < -0.3 is 4.74 Å². The lowest BCUT2D eigenvalue weighted by atomic mass is 9.77. The Morgan fingerprint density at radius 3 is 1.81 bits per heavy atom. The van der Waals surface area contributed by atoms with Crippen LogP contribution in [-0.2, 0) is 12.1 Å². The van der Waals surface area contributed by atoms with E-state index >= 15 is 0 Å². The predicted octanol–water partition coefficient (Wildman–Crippen LogP) is 9.94. The molecule has 0 atom stereocenters. The second-order valence-electron chi connectivity index (χ2n) is 12.8. The van der Waals surface area contributed by atoms with Gasteiger partial charge in [-0.25, -0.2) is 9.36 Å². The zero-order valence-corrected chi connectivity index (χ0v) is 32.4. The zero-order chi connectivity index (χ0) is 36.6. The number of hydrogen-bond acceptors (Lipinski definition) is 6. The molecule has 0 spiro atoms. The van der Waals surface area contributed by atoms with Crippen molar-refractivity contribution in [3.63, 3.8) is 0 Å². The molecule has 2 heterocycles. The third-order valence-corrected chi connectivity index (χ3v) is 11.4. The van der Waals surface area contributed by atoms with Gasteiger partial charge in [0.25, 0.3) is 5.56 Å². The van der Waals surface area contributed by atoms with Crippen LogP contribution in [0.4, 0.5) is 0 Å². The standard InChI is InChI=1S/C43H38Br2N6O2/c1-2-3-4-16-29-53-41-38(44)39(45)42(52)50(47-41)30-31-25-27-32(28-26-31)36-23-14-15-24-37(36)40-46-48-49-51(40)43(33-17-8-5-9-18-33,34-19-10-6-11-20-34)35-21-12-7-13-22-35/h5-15,17-28H,2-4,16,29-30H2,1H3. The molecule has 53 heavy (non-hydrogen) atoms. The van der Waals surface area contributed by atoms with Crippen LogP contribution in [0.3, 0.4) is 0 Å². The van der Waals surface area contributed by atoms with E-state index in [9.17, 15) is 4.79 Å². The number of nitrogens with zero attached hydrogens (tertiary/aromatic N) is 6. The molecule has 7 rings (SSSR count). The number of aromatic nitrogens is 6. The summed E-state index contributed by atoms with van der Waals surface area (Å²) in [5.41, 5.74) is 5.73. The van der Waals surface area contributed by atoms with Crippen molar-refractivity contribution in [3.8, 4) is 28.4 Å². The number of unbranched alkanes of at least 4 members (excludes halogenated alkanes) is 3. The normalized spacial score (nSPS) is 11.5. The van der Waals surface area contributed by atoms with Gasteiger partial charge in [0.1, 0.15) is 14.5 Å². The largest absolute Gasteiger partial charge is 0.476 e. The van der Waals surface area contributed by atoms with Crippen molar-refractivity contribution in [3.05, 3.63) is 181 Å². The van der Waals surface area contributed by atoms with Crippen molar-refractivity contribution in [2.75, 3.05) is 6.61 Å². The summed E-state index contributed by atoms with van der Waals surface area (Å²) in [6, 6.07) is 47.5. The molecule has 0 aliphatic heterocycles. The molecule has 5 aromatic carbocycles. The smallest absolute Gasteiger partial charge is 0.282 e. The van der Waals surface area contributed by atoms with Gasteiger partial charge >= 0.3 is 0 Å². The number of halogens is 2. The Labute approximate surface area is 325 Å². The average molecular weight is 831 g/mol. The second kappa shape index (κ2) is 16.7. The summed E-state index contributed by atoms with van der Waals surface area (Å²) >= 11 is 6.93. The lowest BCUT2D eigenvalue weighted by Crippen LogP contribution is -2.39. The maximum Gasteiger partial charge on any atom is 0.282 e.